The molecule has 0 aliphatic rings. The van der Waals surface area contributed by atoms with Gasteiger partial charge in [-0.2, -0.15) is 4.98 Å². The normalized spacial score (nSPS) is 10.4. The number of aryl methyl sites for hydroxylation is 2. The van der Waals surface area contributed by atoms with Gasteiger partial charge in [0.25, 0.3) is 0 Å². The van der Waals surface area contributed by atoms with Crippen molar-refractivity contribution in [3.63, 3.8) is 0 Å². The van der Waals surface area contributed by atoms with E-state index in [9.17, 15) is 10.1 Å². The maximum absolute atomic E-state index is 11.8. The molecule has 156 valence electrons. The number of nitrogens with one attached hydrogen (secondary N) is 1. The number of aromatic nitrogens is 2. The Hall–Kier alpha value is -3.59. The van der Waals surface area contributed by atoms with Crippen LogP contribution in [0.2, 0.25) is 5.02 Å². The van der Waals surface area contributed by atoms with E-state index in [0.717, 1.165) is 11.1 Å². The van der Waals surface area contributed by atoms with Crippen molar-refractivity contribution in [1.29, 1.82) is 0 Å². The van der Waals surface area contributed by atoms with Crippen LogP contribution < -0.4 is 19.5 Å². The van der Waals surface area contributed by atoms with E-state index in [-0.39, 0.29) is 11.7 Å². The maximum atomic E-state index is 11.8. The fraction of sp³-hybridized carbons (Fsp3) is 0.200. The van der Waals surface area contributed by atoms with E-state index in [1.165, 1.54) is 26.6 Å². The van der Waals surface area contributed by atoms with Crippen molar-refractivity contribution in [3.05, 3.63) is 62.9 Å². The van der Waals surface area contributed by atoms with Crippen molar-refractivity contribution in [2.75, 3.05) is 19.5 Å². The van der Waals surface area contributed by atoms with Gasteiger partial charge in [-0.15, -0.1) is 0 Å². The van der Waals surface area contributed by atoms with Crippen LogP contribution in [0.1, 0.15) is 11.1 Å². The molecule has 2 aromatic carbocycles. The number of halogens is 1. The largest absolute Gasteiger partial charge is 0.495 e. The Bertz CT molecular complexity index is 1090. The van der Waals surface area contributed by atoms with Crippen molar-refractivity contribution in [2.45, 2.75) is 13.8 Å². The Labute approximate surface area is 177 Å². The van der Waals surface area contributed by atoms with Gasteiger partial charge in [-0.1, -0.05) is 17.7 Å². The van der Waals surface area contributed by atoms with Crippen LogP contribution in [0.3, 0.4) is 0 Å². The molecule has 0 amide bonds. The molecule has 1 N–H and O–H groups in total. The predicted octanol–water partition coefficient (Wildman–Crippen LogP) is 5.21. The van der Waals surface area contributed by atoms with Crippen molar-refractivity contribution in [3.8, 4) is 23.1 Å². The molecule has 0 saturated carbocycles. The highest BCUT2D eigenvalue weighted by Crippen LogP contribution is 2.40. The summed E-state index contributed by atoms with van der Waals surface area (Å²) in [6.45, 7) is 3.81. The first-order valence-electron chi connectivity index (χ1n) is 8.76. The quantitative estimate of drug-likeness (QED) is 0.402. The van der Waals surface area contributed by atoms with Crippen LogP contribution in [0.4, 0.5) is 17.2 Å². The molecule has 0 atom stereocenters. The number of hydrogen-bond acceptors (Lipinski definition) is 8. The van der Waals surface area contributed by atoms with Gasteiger partial charge in [0.15, 0.2) is 0 Å². The highest BCUT2D eigenvalue weighted by atomic mass is 35.5. The molecule has 0 bridgehead atoms. The van der Waals surface area contributed by atoms with Crippen LogP contribution in [0.15, 0.2) is 36.7 Å². The Morgan fingerprint density at radius 2 is 1.67 bits per heavy atom. The molecule has 9 nitrogen and oxygen atoms in total. The van der Waals surface area contributed by atoms with Gasteiger partial charge in [-0.05, 0) is 43.2 Å². The van der Waals surface area contributed by atoms with Gasteiger partial charge in [0.1, 0.15) is 23.6 Å². The topological polar surface area (TPSA) is 109 Å². The smallest absolute Gasteiger partial charge is 0.373 e. The van der Waals surface area contributed by atoms with Crippen molar-refractivity contribution < 1.29 is 19.1 Å². The second-order valence-corrected chi connectivity index (χ2v) is 6.78. The van der Waals surface area contributed by atoms with E-state index in [1.54, 1.807) is 18.2 Å². The number of nitro groups is 1. The van der Waals surface area contributed by atoms with Gasteiger partial charge in [0.2, 0.25) is 5.82 Å². The first-order valence-corrected chi connectivity index (χ1v) is 9.14. The van der Waals surface area contributed by atoms with Gasteiger partial charge in [-0.25, -0.2) is 4.98 Å². The minimum atomic E-state index is -0.613. The van der Waals surface area contributed by atoms with Crippen LogP contribution in [0.5, 0.6) is 23.1 Å². The van der Waals surface area contributed by atoms with Crippen LogP contribution in [-0.2, 0) is 0 Å². The van der Waals surface area contributed by atoms with Crippen LogP contribution in [0, 0.1) is 24.0 Å². The number of hydrogen-bond donors (Lipinski definition) is 1. The molecule has 0 unspecified atom stereocenters. The number of nitrogens with zero attached hydrogens (tertiary/aromatic N) is 3. The summed E-state index contributed by atoms with van der Waals surface area (Å²) in [5, 5.41) is 15.0. The van der Waals surface area contributed by atoms with Gasteiger partial charge in [0.05, 0.1) is 29.9 Å². The summed E-state index contributed by atoms with van der Waals surface area (Å²) >= 11 is 6.18. The van der Waals surface area contributed by atoms with E-state index in [4.69, 9.17) is 25.8 Å². The third-order valence-corrected chi connectivity index (χ3v) is 4.40. The van der Waals surface area contributed by atoms with Gasteiger partial charge in [0, 0.05) is 6.07 Å². The summed E-state index contributed by atoms with van der Waals surface area (Å²) in [7, 11) is 2.93. The third-order valence-electron chi connectivity index (χ3n) is 4.11. The summed E-state index contributed by atoms with van der Waals surface area (Å²) in [6, 6.07) is 8.57. The standard InChI is InChI=1S/C20H19ClN4O5/c1-11-5-12(2)7-13(6-11)30-20-18(25(26)27)19(22-10-23-20)24-15-8-14(21)16(28-3)9-17(15)29-4/h5-10H,1-4H3,(H,22,23,24). The summed E-state index contributed by atoms with van der Waals surface area (Å²) in [4.78, 5) is 19.2. The number of rotatable bonds is 7. The number of methoxy groups -OCH3 is 2. The lowest BCUT2D eigenvalue weighted by Crippen LogP contribution is -2.04. The Morgan fingerprint density at radius 3 is 2.27 bits per heavy atom. The molecule has 0 aliphatic carbocycles. The molecule has 3 rings (SSSR count). The lowest BCUT2D eigenvalue weighted by Gasteiger charge is -2.14. The molecule has 1 aromatic heterocycles. The third kappa shape index (κ3) is 4.52. The highest BCUT2D eigenvalue weighted by molar-refractivity contribution is 6.32. The molecule has 3 aromatic rings. The SMILES string of the molecule is COc1cc(OC)c(Nc2ncnc(Oc3cc(C)cc(C)c3)c2[N+](=O)[O-])cc1Cl. The molecular weight excluding hydrogens is 412 g/mol. The molecule has 0 spiro atoms. The Balaban J connectivity index is 2.03. The maximum Gasteiger partial charge on any atom is 0.373 e. The highest BCUT2D eigenvalue weighted by Gasteiger charge is 2.26. The molecule has 0 fully saturated rings. The fourth-order valence-electron chi connectivity index (χ4n) is 2.88. The zero-order valence-electron chi connectivity index (χ0n) is 16.7. The zero-order chi connectivity index (χ0) is 21.8. The minimum Gasteiger partial charge on any atom is -0.495 e. The van der Waals surface area contributed by atoms with E-state index in [0.29, 0.717) is 28.0 Å². The molecule has 0 aliphatic heterocycles. The van der Waals surface area contributed by atoms with Crippen molar-refractivity contribution >= 4 is 28.8 Å². The Morgan fingerprint density at radius 1 is 1.00 bits per heavy atom. The monoisotopic (exact) mass is 430 g/mol. The van der Waals surface area contributed by atoms with Crippen molar-refractivity contribution in [2.24, 2.45) is 0 Å². The molecular formula is C20H19ClN4O5. The zero-order valence-corrected chi connectivity index (χ0v) is 17.5. The Kier molecular flexibility index (Phi) is 6.22. The lowest BCUT2D eigenvalue weighted by molar-refractivity contribution is -0.385. The first kappa shape index (κ1) is 21.1. The second kappa shape index (κ2) is 8.83. The van der Waals surface area contributed by atoms with Gasteiger partial charge < -0.3 is 19.5 Å². The summed E-state index contributed by atoms with van der Waals surface area (Å²) < 4.78 is 16.2. The summed E-state index contributed by atoms with van der Waals surface area (Å²) in [6.07, 6.45) is 1.17. The number of anilines is 2. The average molecular weight is 431 g/mol. The van der Waals surface area contributed by atoms with Crippen LogP contribution in [0.25, 0.3) is 0 Å². The van der Waals surface area contributed by atoms with Gasteiger partial charge >= 0.3 is 11.6 Å². The summed E-state index contributed by atoms with van der Waals surface area (Å²) in [5.74, 6) is 0.927. The van der Waals surface area contributed by atoms with E-state index < -0.39 is 10.6 Å². The van der Waals surface area contributed by atoms with Crippen molar-refractivity contribution in [1.82, 2.24) is 9.97 Å². The average Bonchev–Trinajstić information content (AvgIpc) is 2.67. The molecule has 1 heterocycles. The van der Waals surface area contributed by atoms with Crippen LogP contribution >= 0.6 is 11.6 Å². The minimum absolute atomic E-state index is 0.0751. The number of benzene rings is 2. The molecule has 0 radical (unpaired) electrons. The van der Waals surface area contributed by atoms with E-state index in [1.807, 2.05) is 19.9 Å². The summed E-state index contributed by atoms with van der Waals surface area (Å²) in [5.41, 5.74) is 1.85. The molecule has 30 heavy (non-hydrogen) atoms. The number of ether oxygens (including phenoxy) is 3. The van der Waals surface area contributed by atoms with E-state index in [2.05, 4.69) is 15.3 Å². The van der Waals surface area contributed by atoms with Crippen LogP contribution in [-0.4, -0.2) is 29.1 Å². The van der Waals surface area contributed by atoms with Gasteiger partial charge in [-0.3, -0.25) is 10.1 Å². The second-order valence-electron chi connectivity index (χ2n) is 6.37. The fourth-order valence-corrected chi connectivity index (χ4v) is 3.12. The molecule has 10 heteroatoms. The lowest BCUT2D eigenvalue weighted by atomic mass is 10.1. The predicted molar refractivity (Wildman–Crippen MR) is 113 cm³/mol. The van der Waals surface area contributed by atoms with E-state index >= 15 is 0 Å². The first-order chi connectivity index (χ1) is 14.3. The molecule has 0 saturated heterocycles.